The maximum absolute atomic E-state index is 11.6. The number of carbonyl (C=O) groups excluding carboxylic acids is 2. The predicted octanol–water partition coefficient (Wildman–Crippen LogP) is 2.31. The summed E-state index contributed by atoms with van der Waals surface area (Å²) in [6.45, 7) is -0.361. The van der Waals surface area contributed by atoms with Crippen molar-refractivity contribution in [2.24, 2.45) is 0 Å². The summed E-state index contributed by atoms with van der Waals surface area (Å²) in [4.78, 5) is 32.8. The number of esters is 1. The lowest BCUT2D eigenvalue weighted by molar-refractivity contribution is -0.402. The highest BCUT2D eigenvalue weighted by Crippen LogP contribution is 2.16. The number of furan rings is 1. The normalized spacial score (nSPS) is 10.1. The van der Waals surface area contributed by atoms with E-state index in [0.717, 1.165) is 17.7 Å². The summed E-state index contributed by atoms with van der Waals surface area (Å²) in [6, 6.07) is 9.09. The van der Waals surface area contributed by atoms with Gasteiger partial charge in [0.05, 0.1) is 6.07 Å². The molecule has 1 heterocycles. The number of carbonyl (C=O) groups is 2. The lowest BCUT2D eigenvalue weighted by atomic mass is 10.2. The number of ether oxygens (including phenoxy) is 1. The zero-order valence-electron chi connectivity index (χ0n) is 11.7. The smallest absolute Gasteiger partial charge is 0.433 e. The van der Waals surface area contributed by atoms with Crippen molar-refractivity contribution in [2.75, 3.05) is 6.61 Å². The summed E-state index contributed by atoms with van der Waals surface area (Å²) in [5.41, 5.74) is 0.718. The van der Waals surface area contributed by atoms with E-state index in [4.69, 9.17) is 16.3 Å². The molecular weight excluding hydrogens is 328 g/mol. The van der Waals surface area contributed by atoms with Crippen molar-refractivity contribution in [3.8, 4) is 0 Å². The number of nitrogens with one attached hydrogen (secondary N) is 1. The molecule has 1 aromatic heterocycles. The monoisotopic (exact) mass is 338 g/mol. The number of amides is 1. The van der Waals surface area contributed by atoms with Crippen molar-refractivity contribution in [3.05, 3.63) is 62.9 Å². The van der Waals surface area contributed by atoms with E-state index in [1.807, 2.05) is 0 Å². The first-order valence-electron chi connectivity index (χ1n) is 6.39. The molecule has 1 amide bonds. The second-order valence-corrected chi connectivity index (χ2v) is 4.75. The summed E-state index contributed by atoms with van der Waals surface area (Å²) < 4.78 is 9.36. The van der Waals surface area contributed by atoms with Crippen LogP contribution in [0.4, 0.5) is 5.88 Å². The summed E-state index contributed by atoms with van der Waals surface area (Å²) >= 11 is 5.94. The van der Waals surface area contributed by atoms with Crippen LogP contribution >= 0.6 is 11.6 Å². The van der Waals surface area contributed by atoms with E-state index in [-0.39, 0.29) is 12.3 Å². The summed E-state index contributed by atoms with van der Waals surface area (Å²) in [5, 5.41) is 13.5. The van der Waals surface area contributed by atoms with E-state index in [1.165, 1.54) is 0 Å². The van der Waals surface area contributed by atoms with Gasteiger partial charge in [-0.25, -0.2) is 4.79 Å². The summed E-state index contributed by atoms with van der Waals surface area (Å²) in [5.74, 6) is -2.44. The van der Waals surface area contributed by atoms with Gasteiger partial charge in [0.2, 0.25) is 5.76 Å². The minimum absolute atomic E-state index is 0.183. The fourth-order valence-electron chi connectivity index (χ4n) is 1.62. The molecule has 120 valence electrons. The molecule has 1 aromatic carbocycles. The Kier molecular flexibility index (Phi) is 5.32. The van der Waals surface area contributed by atoms with Gasteiger partial charge in [-0.3, -0.25) is 14.9 Å². The molecule has 0 saturated carbocycles. The third-order valence-corrected chi connectivity index (χ3v) is 3.11. The predicted molar refractivity (Wildman–Crippen MR) is 78.9 cm³/mol. The maximum Gasteiger partial charge on any atom is 0.433 e. The Morgan fingerprint density at radius 1 is 1.26 bits per heavy atom. The Morgan fingerprint density at radius 3 is 2.65 bits per heavy atom. The van der Waals surface area contributed by atoms with Crippen LogP contribution in [0.2, 0.25) is 5.02 Å². The van der Waals surface area contributed by atoms with E-state index >= 15 is 0 Å². The fraction of sp³-hybridized carbons (Fsp3) is 0.143. The Labute approximate surface area is 135 Å². The maximum atomic E-state index is 11.6. The molecule has 0 radical (unpaired) electrons. The standard InChI is InChI=1S/C14H11ClN2O6/c15-10-4-2-1-3-9(10)7-16-12(18)8-22-14(19)11-5-6-13(23-11)17(20)21/h1-6H,7-8H2,(H,16,18). The van der Waals surface area contributed by atoms with E-state index in [9.17, 15) is 19.7 Å². The van der Waals surface area contributed by atoms with Crippen LogP contribution in [0.5, 0.6) is 0 Å². The minimum atomic E-state index is -0.967. The molecular formula is C14H11ClN2O6. The van der Waals surface area contributed by atoms with Gasteiger partial charge < -0.3 is 14.5 Å². The molecule has 0 aliphatic rings. The van der Waals surface area contributed by atoms with Gasteiger partial charge in [0.25, 0.3) is 5.91 Å². The van der Waals surface area contributed by atoms with E-state index in [1.54, 1.807) is 24.3 Å². The van der Waals surface area contributed by atoms with Crippen LogP contribution in [0.3, 0.4) is 0 Å². The van der Waals surface area contributed by atoms with Gasteiger partial charge in [0.1, 0.15) is 4.92 Å². The third-order valence-electron chi connectivity index (χ3n) is 2.74. The number of nitro groups is 1. The average molecular weight is 339 g/mol. The molecule has 0 bridgehead atoms. The molecule has 0 atom stereocenters. The van der Waals surface area contributed by atoms with Crippen LogP contribution in [0.15, 0.2) is 40.8 Å². The Morgan fingerprint density at radius 2 is 2.00 bits per heavy atom. The van der Waals surface area contributed by atoms with Gasteiger partial charge >= 0.3 is 11.9 Å². The van der Waals surface area contributed by atoms with Crippen LogP contribution in [0, 0.1) is 10.1 Å². The highest BCUT2D eigenvalue weighted by Gasteiger charge is 2.19. The molecule has 0 spiro atoms. The number of nitrogens with zero attached hydrogens (tertiary/aromatic N) is 1. The summed E-state index contributed by atoms with van der Waals surface area (Å²) in [6.07, 6.45) is 0. The van der Waals surface area contributed by atoms with Crippen molar-refractivity contribution in [1.29, 1.82) is 0 Å². The van der Waals surface area contributed by atoms with E-state index in [0.29, 0.717) is 5.02 Å². The molecule has 2 aromatic rings. The highest BCUT2D eigenvalue weighted by molar-refractivity contribution is 6.31. The van der Waals surface area contributed by atoms with Crippen LogP contribution in [-0.4, -0.2) is 23.4 Å². The molecule has 2 rings (SSSR count). The van der Waals surface area contributed by atoms with Crippen molar-refractivity contribution in [3.63, 3.8) is 0 Å². The van der Waals surface area contributed by atoms with Crippen molar-refractivity contribution < 1.29 is 23.7 Å². The number of halogens is 1. The molecule has 0 saturated heterocycles. The van der Waals surface area contributed by atoms with Gasteiger partial charge in [0, 0.05) is 11.6 Å². The van der Waals surface area contributed by atoms with E-state index < -0.39 is 29.3 Å². The largest absolute Gasteiger partial charge is 0.450 e. The lowest BCUT2D eigenvalue weighted by Crippen LogP contribution is -2.28. The number of benzene rings is 1. The van der Waals surface area contributed by atoms with Crippen LogP contribution in [-0.2, 0) is 16.1 Å². The Bertz CT molecular complexity index is 742. The first-order chi connectivity index (χ1) is 11.0. The Hall–Kier alpha value is -2.87. The van der Waals surface area contributed by atoms with Crippen molar-refractivity contribution in [1.82, 2.24) is 5.32 Å². The van der Waals surface area contributed by atoms with Gasteiger partial charge in [-0.2, -0.15) is 0 Å². The zero-order chi connectivity index (χ0) is 16.8. The lowest BCUT2D eigenvalue weighted by Gasteiger charge is -2.07. The van der Waals surface area contributed by atoms with Crippen molar-refractivity contribution in [2.45, 2.75) is 6.54 Å². The fourth-order valence-corrected chi connectivity index (χ4v) is 1.83. The van der Waals surface area contributed by atoms with Gasteiger partial charge in [-0.05, 0) is 17.7 Å². The second kappa shape index (κ2) is 7.41. The molecule has 1 N–H and O–H groups in total. The second-order valence-electron chi connectivity index (χ2n) is 4.34. The average Bonchev–Trinajstić information content (AvgIpc) is 3.02. The van der Waals surface area contributed by atoms with Gasteiger partial charge in [-0.15, -0.1) is 0 Å². The van der Waals surface area contributed by atoms with Crippen LogP contribution in [0.1, 0.15) is 16.1 Å². The Balaban J connectivity index is 1.80. The van der Waals surface area contributed by atoms with Crippen molar-refractivity contribution >= 4 is 29.4 Å². The SMILES string of the molecule is O=C(COC(=O)c1ccc([N+](=O)[O-])o1)NCc1ccccc1Cl. The highest BCUT2D eigenvalue weighted by atomic mass is 35.5. The number of hydrogen-bond acceptors (Lipinski definition) is 6. The molecule has 0 unspecified atom stereocenters. The molecule has 0 fully saturated rings. The first-order valence-corrected chi connectivity index (χ1v) is 6.76. The van der Waals surface area contributed by atoms with Gasteiger partial charge in [0.15, 0.2) is 6.61 Å². The third kappa shape index (κ3) is 4.55. The minimum Gasteiger partial charge on any atom is -0.450 e. The van der Waals surface area contributed by atoms with E-state index in [2.05, 4.69) is 9.73 Å². The zero-order valence-corrected chi connectivity index (χ0v) is 12.4. The first kappa shape index (κ1) is 16.5. The topological polar surface area (TPSA) is 112 Å². The quantitative estimate of drug-likeness (QED) is 0.491. The molecule has 8 nitrogen and oxygen atoms in total. The van der Waals surface area contributed by atoms with Gasteiger partial charge in [-0.1, -0.05) is 29.8 Å². The van der Waals surface area contributed by atoms with Crippen LogP contribution < -0.4 is 5.32 Å². The molecule has 23 heavy (non-hydrogen) atoms. The molecule has 0 aliphatic heterocycles. The number of hydrogen-bond donors (Lipinski definition) is 1. The van der Waals surface area contributed by atoms with Crippen LogP contribution in [0.25, 0.3) is 0 Å². The summed E-state index contributed by atoms with van der Waals surface area (Å²) in [7, 11) is 0. The molecule has 9 heteroatoms. The molecule has 0 aliphatic carbocycles. The number of rotatable bonds is 6.